The third-order valence-corrected chi connectivity index (χ3v) is 8.12. The van der Waals surface area contributed by atoms with E-state index in [9.17, 15) is 9.59 Å². The van der Waals surface area contributed by atoms with Crippen molar-refractivity contribution in [3.8, 4) is 11.6 Å². The van der Waals surface area contributed by atoms with Crippen LogP contribution in [0.1, 0.15) is 48.2 Å². The van der Waals surface area contributed by atoms with Crippen molar-refractivity contribution < 1.29 is 14.3 Å². The molecule has 1 atom stereocenters. The molecule has 1 N–H and O–H groups in total. The number of hydrogen-bond acceptors (Lipinski definition) is 6. The maximum atomic E-state index is 13.7. The Balaban J connectivity index is 1.15. The number of halogens is 1. The minimum Gasteiger partial charge on any atom is -0.472 e. The summed E-state index contributed by atoms with van der Waals surface area (Å²) in [7, 11) is 0. The van der Waals surface area contributed by atoms with Gasteiger partial charge in [-0.2, -0.15) is 0 Å². The minimum absolute atomic E-state index is 0.0179. The van der Waals surface area contributed by atoms with Crippen molar-refractivity contribution in [3.63, 3.8) is 0 Å². The van der Waals surface area contributed by atoms with Crippen molar-refractivity contribution in [3.05, 3.63) is 81.6 Å². The summed E-state index contributed by atoms with van der Waals surface area (Å²) in [5, 5.41) is 3.59. The lowest BCUT2D eigenvalue weighted by Gasteiger charge is -2.29. The summed E-state index contributed by atoms with van der Waals surface area (Å²) < 4.78 is 14.9. The molecule has 1 aliphatic carbocycles. The van der Waals surface area contributed by atoms with Crippen molar-refractivity contribution in [2.75, 3.05) is 13.2 Å². The number of rotatable bonds is 7. The predicted molar refractivity (Wildman–Crippen MR) is 152 cm³/mol. The fourth-order valence-corrected chi connectivity index (χ4v) is 5.89. The molecule has 3 aromatic heterocycles. The number of amides is 1. The van der Waals surface area contributed by atoms with Crippen molar-refractivity contribution in [1.29, 1.82) is 0 Å². The van der Waals surface area contributed by atoms with Gasteiger partial charge in [-0.1, -0.05) is 23.7 Å². The molecular formula is C30H32ClN5O4. The summed E-state index contributed by atoms with van der Waals surface area (Å²) in [6.45, 7) is 3.71. The van der Waals surface area contributed by atoms with E-state index in [1.165, 1.54) is 0 Å². The van der Waals surface area contributed by atoms with Crippen LogP contribution in [0.4, 0.5) is 0 Å². The van der Waals surface area contributed by atoms with Crippen molar-refractivity contribution in [1.82, 2.24) is 24.4 Å². The molecule has 0 bridgehead atoms. The highest BCUT2D eigenvalue weighted by molar-refractivity contribution is 6.30. The van der Waals surface area contributed by atoms with Gasteiger partial charge in [-0.15, -0.1) is 0 Å². The third kappa shape index (κ3) is 5.48. The van der Waals surface area contributed by atoms with Crippen LogP contribution in [0.5, 0.6) is 5.88 Å². The van der Waals surface area contributed by atoms with Gasteiger partial charge in [0.05, 0.1) is 52.4 Å². The van der Waals surface area contributed by atoms with Crippen LogP contribution in [0.25, 0.3) is 16.7 Å². The van der Waals surface area contributed by atoms with E-state index in [0.29, 0.717) is 53.5 Å². The Morgan fingerprint density at radius 1 is 1.07 bits per heavy atom. The second-order valence-corrected chi connectivity index (χ2v) is 11.1. The number of para-hydroxylation sites is 2. The highest BCUT2D eigenvalue weighted by Crippen LogP contribution is 2.28. The molecule has 1 saturated heterocycles. The molecule has 9 nitrogen and oxygen atoms in total. The first kappa shape index (κ1) is 26.5. The molecule has 1 aromatic carbocycles. The normalized spacial score (nSPS) is 21.0. The monoisotopic (exact) mass is 561 g/mol. The van der Waals surface area contributed by atoms with Crippen LogP contribution in [-0.2, 0) is 11.3 Å². The average molecular weight is 562 g/mol. The Morgan fingerprint density at radius 2 is 1.88 bits per heavy atom. The van der Waals surface area contributed by atoms with Gasteiger partial charge < -0.3 is 14.8 Å². The molecule has 208 valence electrons. The van der Waals surface area contributed by atoms with E-state index in [1.54, 1.807) is 30.0 Å². The highest BCUT2D eigenvalue weighted by Gasteiger charge is 2.26. The number of aryl methyl sites for hydroxylation is 1. The summed E-state index contributed by atoms with van der Waals surface area (Å²) >= 11 is 6.05. The zero-order valence-electron chi connectivity index (χ0n) is 22.4. The summed E-state index contributed by atoms with van der Waals surface area (Å²) in [5.41, 5.74) is 3.53. The highest BCUT2D eigenvalue weighted by atomic mass is 35.5. The van der Waals surface area contributed by atoms with E-state index in [1.807, 2.05) is 41.0 Å². The molecular weight excluding hydrogens is 530 g/mol. The number of carbonyl (C=O) groups is 1. The lowest BCUT2D eigenvalue weighted by Crippen LogP contribution is -2.39. The summed E-state index contributed by atoms with van der Waals surface area (Å²) in [4.78, 5) is 35.2. The van der Waals surface area contributed by atoms with Gasteiger partial charge in [-0.05, 0) is 62.8 Å². The first-order chi connectivity index (χ1) is 19.5. The summed E-state index contributed by atoms with van der Waals surface area (Å²) in [5.74, 6) is 0.723. The fraction of sp³-hybridized carbons (Fsp3) is 0.400. The van der Waals surface area contributed by atoms with Gasteiger partial charge in [0.2, 0.25) is 5.88 Å². The van der Waals surface area contributed by atoms with Crippen LogP contribution in [0, 0.1) is 12.8 Å². The number of pyridine rings is 2. The predicted octanol–water partition coefficient (Wildman–Crippen LogP) is 4.70. The van der Waals surface area contributed by atoms with E-state index >= 15 is 0 Å². The largest absolute Gasteiger partial charge is 0.472 e. The number of fused-ring (bicyclic) bond motifs is 1. The Labute approximate surface area is 237 Å². The zero-order valence-corrected chi connectivity index (χ0v) is 23.1. The van der Waals surface area contributed by atoms with Crippen LogP contribution < -0.4 is 15.7 Å². The number of aromatic nitrogens is 4. The zero-order chi connectivity index (χ0) is 27.6. The molecule has 6 rings (SSSR count). The number of imidazole rings is 1. The van der Waals surface area contributed by atoms with Gasteiger partial charge in [-0.3, -0.25) is 18.9 Å². The van der Waals surface area contributed by atoms with Crippen LogP contribution in [0.15, 0.2) is 59.7 Å². The van der Waals surface area contributed by atoms with Crippen molar-refractivity contribution in [2.24, 2.45) is 5.92 Å². The standard InChI is InChI=1S/C30H32ClN5O4/c1-19-25(14-21(31)15-32-19)29(37)34-22-8-6-20(7-9-22)17-35-26-4-2-3-5-27(26)36(30(35)38)23-10-11-28(33-16-23)40-24-12-13-39-18-24/h2-5,10-11,14-16,20,22,24H,6-9,12-13,17-18H2,1H3,(H,34,37)/t20-,22-,24-/m0/s1. The second-order valence-electron chi connectivity index (χ2n) is 10.7. The SMILES string of the molecule is Cc1ncc(Cl)cc1C(=O)N[C@H]1CC[C@H](Cn2c(=O)n(-c3ccc(O[C@H]4CCOC4)nc3)c3ccccc32)CC1. The Morgan fingerprint density at radius 3 is 2.60 bits per heavy atom. The first-order valence-electron chi connectivity index (χ1n) is 13.8. The maximum Gasteiger partial charge on any atom is 0.333 e. The molecule has 4 aromatic rings. The fourth-order valence-electron chi connectivity index (χ4n) is 5.73. The summed E-state index contributed by atoms with van der Waals surface area (Å²) in [6, 6.07) is 13.3. The molecule has 1 saturated carbocycles. The maximum absolute atomic E-state index is 13.7. The topological polar surface area (TPSA) is 100 Å². The van der Waals surface area contributed by atoms with Crippen molar-refractivity contribution in [2.45, 2.75) is 57.7 Å². The molecule has 40 heavy (non-hydrogen) atoms. The van der Waals surface area contributed by atoms with E-state index in [0.717, 1.165) is 43.1 Å². The number of nitrogens with zero attached hydrogens (tertiary/aromatic N) is 4. The third-order valence-electron chi connectivity index (χ3n) is 7.91. The molecule has 0 radical (unpaired) electrons. The molecule has 4 heterocycles. The number of hydrogen-bond donors (Lipinski definition) is 1. The van der Waals surface area contributed by atoms with Gasteiger partial charge in [0.25, 0.3) is 5.91 Å². The van der Waals surface area contributed by atoms with Crippen molar-refractivity contribution >= 4 is 28.5 Å². The molecule has 0 unspecified atom stereocenters. The van der Waals surface area contributed by atoms with Crippen LogP contribution in [0.2, 0.25) is 5.02 Å². The molecule has 0 spiro atoms. The van der Waals surface area contributed by atoms with Crippen LogP contribution in [-0.4, -0.2) is 50.4 Å². The van der Waals surface area contributed by atoms with Gasteiger partial charge in [0.15, 0.2) is 0 Å². The van der Waals surface area contributed by atoms with E-state index in [4.69, 9.17) is 21.1 Å². The Hall–Kier alpha value is -3.69. The molecule has 2 fully saturated rings. The van der Waals surface area contributed by atoms with E-state index in [2.05, 4.69) is 15.3 Å². The minimum atomic E-state index is -0.142. The number of carbonyl (C=O) groups excluding carboxylic acids is 1. The Bertz CT molecular complexity index is 1570. The molecule has 2 aliphatic rings. The van der Waals surface area contributed by atoms with Gasteiger partial charge in [-0.25, -0.2) is 9.78 Å². The van der Waals surface area contributed by atoms with Gasteiger partial charge in [0.1, 0.15) is 6.10 Å². The lowest BCUT2D eigenvalue weighted by molar-refractivity contribution is 0.0919. The smallest absolute Gasteiger partial charge is 0.333 e. The second kappa shape index (κ2) is 11.4. The van der Waals surface area contributed by atoms with Crippen LogP contribution in [0.3, 0.4) is 0 Å². The molecule has 10 heteroatoms. The summed E-state index contributed by atoms with van der Waals surface area (Å²) in [6.07, 6.45) is 7.65. The lowest BCUT2D eigenvalue weighted by atomic mass is 9.85. The first-order valence-corrected chi connectivity index (χ1v) is 14.2. The average Bonchev–Trinajstić information content (AvgIpc) is 3.57. The quantitative estimate of drug-likeness (QED) is 0.351. The molecule has 1 amide bonds. The van der Waals surface area contributed by atoms with Crippen LogP contribution >= 0.6 is 11.6 Å². The van der Waals surface area contributed by atoms with Gasteiger partial charge >= 0.3 is 5.69 Å². The molecule has 1 aliphatic heterocycles. The van der Waals surface area contributed by atoms with E-state index in [-0.39, 0.29) is 23.7 Å². The van der Waals surface area contributed by atoms with Gasteiger partial charge in [0, 0.05) is 31.3 Å². The number of nitrogens with one attached hydrogen (secondary N) is 1. The number of benzene rings is 1. The Kier molecular flexibility index (Phi) is 7.58. The number of ether oxygens (including phenoxy) is 2. The van der Waals surface area contributed by atoms with E-state index < -0.39 is 0 Å².